The number of ether oxygens (including phenoxy) is 2. The van der Waals surface area contributed by atoms with Crippen molar-refractivity contribution in [2.24, 2.45) is 4.99 Å². The SMILES string of the molecule is CN=C(NCc1cccc(OC)c1)NCC1CCOc2ccccc21.I. The monoisotopic (exact) mass is 467 g/mol. The van der Waals surface area contributed by atoms with Crippen molar-refractivity contribution in [2.75, 3.05) is 27.3 Å². The first-order chi connectivity index (χ1) is 12.3. The topological polar surface area (TPSA) is 54.9 Å². The Bertz CT molecular complexity index is 737. The molecule has 0 saturated heterocycles. The third kappa shape index (κ3) is 5.27. The van der Waals surface area contributed by atoms with Crippen LogP contribution in [0.25, 0.3) is 0 Å². The number of nitrogens with zero attached hydrogens (tertiary/aromatic N) is 1. The van der Waals surface area contributed by atoms with Gasteiger partial charge in [0.15, 0.2) is 5.96 Å². The first-order valence-electron chi connectivity index (χ1n) is 8.59. The lowest BCUT2D eigenvalue weighted by Crippen LogP contribution is -2.39. The summed E-state index contributed by atoms with van der Waals surface area (Å²) in [5.74, 6) is 3.09. The molecule has 0 bridgehead atoms. The van der Waals surface area contributed by atoms with E-state index in [9.17, 15) is 0 Å². The summed E-state index contributed by atoms with van der Waals surface area (Å²) in [6.45, 7) is 2.29. The standard InChI is InChI=1S/C20H25N3O2.HI/c1-21-20(22-13-15-6-5-7-17(12-15)24-2)23-14-16-10-11-25-19-9-4-3-8-18(16)19;/h3-9,12,16H,10-11,13-14H2,1-2H3,(H2,21,22,23);1H. The van der Waals surface area contributed by atoms with E-state index in [4.69, 9.17) is 9.47 Å². The maximum atomic E-state index is 5.73. The van der Waals surface area contributed by atoms with Crippen LogP contribution in [0.15, 0.2) is 53.5 Å². The fourth-order valence-electron chi connectivity index (χ4n) is 3.04. The molecule has 0 amide bonds. The molecule has 26 heavy (non-hydrogen) atoms. The van der Waals surface area contributed by atoms with E-state index in [1.807, 2.05) is 30.3 Å². The fourth-order valence-corrected chi connectivity index (χ4v) is 3.04. The zero-order valence-corrected chi connectivity index (χ0v) is 17.5. The summed E-state index contributed by atoms with van der Waals surface area (Å²) in [7, 11) is 3.47. The van der Waals surface area contributed by atoms with Crippen LogP contribution in [0.3, 0.4) is 0 Å². The molecule has 2 aromatic carbocycles. The number of para-hydroxylation sites is 1. The molecule has 1 aliphatic rings. The Hall–Kier alpha value is -1.96. The number of benzene rings is 2. The predicted molar refractivity (Wildman–Crippen MR) is 116 cm³/mol. The second-order valence-corrected chi connectivity index (χ2v) is 6.03. The predicted octanol–water partition coefficient (Wildman–Crippen LogP) is 3.54. The molecule has 1 atom stereocenters. The summed E-state index contributed by atoms with van der Waals surface area (Å²) < 4.78 is 11.0. The molecule has 0 aliphatic carbocycles. The molecule has 1 aliphatic heterocycles. The van der Waals surface area contributed by atoms with Crippen LogP contribution < -0.4 is 20.1 Å². The van der Waals surface area contributed by atoms with E-state index in [0.29, 0.717) is 12.5 Å². The number of hydrogen-bond donors (Lipinski definition) is 2. The van der Waals surface area contributed by atoms with Gasteiger partial charge in [0.25, 0.3) is 0 Å². The quantitative estimate of drug-likeness (QED) is 0.402. The maximum Gasteiger partial charge on any atom is 0.191 e. The Labute approximate surface area is 172 Å². The first kappa shape index (κ1) is 20.4. The third-order valence-electron chi connectivity index (χ3n) is 4.42. The lowest BCUT2D eigenvalue weighted by Gasteiger charge is -2.26. The molecule has 5 nitrogen and oxygen atoms in total. The van der Waals surface area contributed by atoms with Crippen molar-refractivity contribution in [3.63, 3.8) is 0 Å². The molecule has 0 saturated carbocycles. The second-order valence-electron chi connectivity index (χ2n) is 6.03. The van der Waals surface area contributed by atoms with Gasteiger partial charge >= 0.3 is 0 Å². The van der Waals surface area contributed by atoms with Crippen molar-refractivity contribution in [3.05, 3.63) is 59.7 Å². The number of halogens is 1. The molecule has 3 rings (SSSR count). The van der Waals surface area contributed by atoms with Crippen LogP contribution in [-0.4, -0.2) is 33.3 Å². The van der Waals surface area contributed by atoms with Crippen LogP contribution in [0.1, 0.15) is 23.5 Å². The van der Waals surface area contributed by atoms with Crippen molar-refractivity contribution in [3.8, 4) is 11.5 Å². The maximum absolute atomic E-state index is 5.73. The first-order valence-corrected chi connectivity index (χ1v) is 8.59. The van der Waals surface area contributed by atoms with Crippen LogP contribution in [-0.2, 0) is 6.54 Å². The van der Waals surface area contributed by atoms with E-state index in [-0.39, 0.29) is 24.0 Å². The third-order valence-corrected chi connectivity index (χ3v) is 4.42. The van der Waals surface area contributed by atoms with E-state index in [1.54, 1.807) is 14.2 Å². The van der Waals surface area contributed by atoms with E-state index in [0.717, 1.165) is 42.6 Å². The molecule has 1 heterocycles. The van der Waals surface area contributed by atoms with E-state index >= 15 is 0 Å². The van der Waals surface area contributed by atoms with Gasteiger partial charge in [-0.3, -0.25) is 4.99 Å². The normalized spacial score (nSPS) is 15.9. The highest BCUT2D eigenvalue weighted by Gasteiger charge is 2.20. The molecule has 0 spiro atoms. The van der Waals surface area contributed by atoms with Gasteiger partial charge in [-0.25, -0.2) is 0 Å². The number of aliphatic imine (C=N–C) groups is 1. The van der Waals surface area contributed by atoms with E-state index in [1.165, 1.54) is 5.56 Å². The van der Waals surface area contributed by atoms with Gasteiger partial charge in [0.1, 0.15) is 11.5 Å². The van der Waals surface area contributed by atoms with E-state index in [2.05, 4.69) is 33.8 Å². The Balaban J connectivity index is 0.00000243. The molecule has 2 N–H and O–H groups in total. The highest BCUT2D eigenvalue weighted by Crippen LogP contribution is 2.32. The molecule has 6 heteroatoms. The van der Waals surface area contributed by atoms with Gasteiger partial charge in [-0.05, 0) is 35.7 Å². The van der Waals surface area contributed by atoms with Crippen molar-refractivity contribution in [1.82, 2.24) is 10.6 Å². The Morgan fingerprint density at radius 3 is 2.85 bits per heavy atom. The molecule has 1 unspecified atom stereocenters. The number of hydrogen-bond acceptors (Lipinski definition) is 3. The largest absolute Gasteiger partial charge is 0.497 e. The zero-order chi connectivity index (χ0) is 17.5. The molecular weight excluding hydrogens is 441 g/mol. The van der Waals surface area contributed by atoms with Crippen LogP contribution in [0.5, 0.6) is 11.5 Å². The molecule has 0 aromatic heterocycles. The van der Waals surface area contributed by atoms with Gasteiger partial charge in [0.05, 0.1) is 13.7 Å². The number of methoxy groups -OCH3 is 1. The smallest absolute Gasteiger partial charge is 0.191 e. The number of guanidine groups is 1. The Morgan fingerprint density at radius 1 is 1.19 bits per heavy atom. The minimum Gasteiger partial charge on any atom is -0.497 e. The Kier molecular flexibility index (Phi) is 8.03. The molecule has 140 valence electrons. The van der Waals surface area contributed by atoms with Crippen LogP contribution in [0.4, 0.5) is 0 Å². The highest BCUT2D eigenvalue weighted by molar-refractivity contribution is 14.0. The van der Waals surface area contributed by atoms with Gasteiger partial charge < -0.3 is 20.1 Å². The molecule has 0 radical (unpaired) electrons. The van der Waals surface area contributed by atoms with Gasteiger partial charge in [0.2, 0.25) is 0 Å². The van der Waals surface area contributed by atoms with Gasteiger partial charge in [0, 0.05) is 26.1 Å². The second kappa shape index (κ2) is 10.3. The van der Waals surface area contributed by atoms with Crippen LogP contribution >= 0.6 is 24.0 Å². The molecule has 2 aromatic rings. The zero-order valence-electron chi connectivity index (χ0n) is 15.2. The van der Waals surface area contributed by atoms with Gasteiger partial charge in [-0.15, -0.1) is 24.0 Å². The van der Waals surface area contributed by atoms with Crippen LogP contribution in [0.2, 0.25) is 0 Å². The average Bonchev–Trinajstić information content (AvgIpc) is 2.68. The van der Waals surface area contributed by atoms with E-state index < -0.39 is 0 Å². The highest BCUT2D eigenvalue weighted by atomic mass is 127. The Morgan fingerprint density at radius 2 is 2.04 bits per heavy atom. The van der Waals surface area contributed by atoms with Crippen molar-refractivity contribution < 1.29 is 9.47 Å². The van der Waals surface area contributed by atoms with Gasteiger partial charge in [-0.2, -0.15) is 0 Å². The number of rotatable bonds is 5. The minimum atomic E-state index is 0. The average molecular weight is 467 g/mol. The fraction of sp³-hybridized carbons (Fsp3) is 0.350. The minimum absolute atomic E-state index is 0. The van der Waals surface area contributed by atoms with Crippen molar-refractivity contribution in [2.45, 2.75) is 18.9 Å². The van der Waals surface area contributed by atoms with Gasteiger partial charge in [-0.1, -0.05) is 30.3 Å². The summed E-state index contributed by atoms with van der Waals surface area (Å²) in [5, 5.41) is 6.78. The lowest BCUT2D eigenvalue weighted by molar-refractivity contribution is 0.267. The number of fused-ring (bicyclic) bond motifs is 1. The summed E-state index contributed by atoms with van der Waals surface area (Å²) in [6.07, 6.45) is 1.01. The van der Waals surface area contributed by atoms with Crippen molar-refractivity contribution >= 4 is 29.9 Å². The summed E-state index contributed by atoms with van der Waals surface area (Å²) >= 11 is 0. The molecular formula is C20H26IN3O2. The van der Waals surface area contributed by atoms with Crippen LogP contribution in [0, 0.1) is 0 Å². The summed E-state index contributed by atoms with van der Waals surface area (Å²) in [4.78, 5) is 4.32. The lowest BCUT2D eigenvalue weighted by atomic mass is 9.93. The summed E-state index contributed by atoms with van der Waals surface area (Å²) in [6, 6.07) is 16.3. The molecule has 0 fully saturated rings. The van der Waals surface area contributed by atoms with Crippen molar-refractivity contribution in [1.29, 1.82) is 0 Å². The summed E-state index contributed by atoms with van der Waals surface area (Å²) in [5.41, 5.74) is 2.42. The number of nitrogens with one attached hydrogen (secondary N) is 2.